The molecule has 0 heterocycles. The van der Waals surface area contributed by atoms with Crippen molar-refractivity contribution in [1.29, 1.82) is 0 Å². The van der Waals surface area contributed by atoms with E-state index in [9.17, 15) is 0 Å². The van der Waals surface area contributed by atoms with E-state index in [-0.39, 0.29) is 9.90 Å². The molecule has 0 N–H and O–H groups in total. The van der Waals surface area contributed by atoms with E-state index in [1.165, 1.54) is 128 Å². The van der Waals surface area contributed by atoms with Gasteiger partial charge in [0.2, 0.25) is 0 Å². The molecule has 0 aromatic heterocycles. The van der Waals surface area contributed by atoms with E-state index >= 15 is 0 Å². The second kappa shape index (κ2) is 30.1. The van der Waals surface area contributed by atoms with Crippen molar-refractivity contribution in [3.63, 3.8) is 0 Å². The Morgan fingerprint density at radius 2 is 0.441 bits per heavy atom. The second-order valence-corrected chi connectivity index (χ2v) is 16.6. The van der Waals surface area contributed by atoms with E-state index in [0.717, 1.165) is 0 Å². The maximum absolute atomic E-state index is 2.37. The van der Waals surface area contributed by atoms with E-state index in [2.05, 4.69) is 27.7 Å². The summed E-state index contributed by atoms with van der Waals surface area (Å²) < 4.78 is 0. The van der Waals surface area contributed by atoms with Crippen LogP contribution < -0.4 is 0 Å². The molecule has 210 valence electrons. The molecule has 34 heavy (non-hydrogen) atoms. The number of hydrogen-bond donors (Lipinski definition) is 0. The number of unbranched alkanes of at least 4 members (excludes halogenated alkanes) is 20. The minimum Gasteiger partial charge on any atom is -0.153 e. The molecule has 0 aromatic carbocycles. The van der Waals surface area contributed by atoms with Crippen LogP contribution in [0.25, 0.3) is 0 Å². The Kier molecular flexibility index (Phi) is 32.8. The van der Waals surface area contributed by atoms with Crippen molar-refractivity contribution in [2.24, 2.45) is 0 Å². The number of hydrogen-bond acceptors (Lipinski definition) is 0. The van der Waals surface area contributed by atoms with Crippen molar-refractivity contribution in [2.45, 2.75) is 182 Å². The summed E-state index contributed by atoms with van der Waals surface area (Å²) >= 11 is 0. The van der Waals surface area contributed by atoms with Crippen molar-refractivity contribution in [2.75, 3.05) is 24.6 Å². The van der Waals surface area contributed by atoms with Gasteiger partial charge in [-0.25, -0.2) is 0 Å². The molecule has 0 nitrogen and oxygen atoms in total. The van der Waals surface area contributed by atoms with Crippen LogP contribution in [-0.4, -0.2) is 24.6 Å². The third kappa shape index (κ3) is 24.5. The molecule has 0 fully saturated rings. The SMILES string of the molecule is CCCCCCCCCCCCCC[PH](CCCCCC)(CCCCCC)CCCCCC.P. The predicted octanol–water partition coefficient (Wildman–Crippen LogP) is 12.2. The molecule has 0 spiro atoms. The van der Waals surface area contributed by atoms with Crippen molar-refractivity contribution < 1.29 is 0 Å². The van der Waals surface area contributed by atoms with Gasteiger partial charge in [0.1, 0.15) is 0 Å². The molecule has 0 saturated carbocycles. The minimum absolute atomic E-state index is 0. The average molecular weight is 519 g/mol. The third-order valence-electron chi connectivity index (χ3n) is 8.24. The summed E-state index contributed by atoms with van der Waals surface area (Å²) in [5, 5.41) is 0. The van der Waals surface area contributed by atoms with Gasteiger partial charge < -0.3 is 0 Å². The van der Waals surface area contributed by atoms with E-state index in [0.29, 0.717) is 0 Å². The fourth-order valence-electron chi connectivity index (χ4n) is 5.87. The second-order valence-electron chi connectivity index (χ2n) is 11.6. The van der Waals surface area contributed by atoms with E-state index in [1.807, 2.05) is 0 Å². The molecular formula is C32H72P2. The Bertz CT molecular complexity index is 324. The summed E-state index contributed by atoms with van der Waals surface area (Å²) in [5.41, 5.74) is 0. The first-order chi connectivity index (χ1) is 16.2. The molecule has 0 aliphatic carbocycles. The molecule has 2 heteroatoms. The van der Waals surface area contributed by atoms with Crippen LogP contribution in [0.4, 0.5) is 0 Å². The quantitative estimate of drug-likeness (QED) is 0.0713. The first-order valence-electron chi connectivity index (χ1n) is 16.2. The third-order valence-corrected chi connectivity index (χ3v) is 13.9. The zero-order valence-electron chi connectivity index (χ0n) is 25.0. The largest absolute Gasteiger partial charge is 0.153 e. The van der Waals surface area contributed by atoms with Crippen LogP contribution in [0.5, 0.6) is 0 Å². The van der Waals surface area contributed by atoms with Crippen LogP contribution in [0.3, 0.4) is 0 Å². The average Bonchev–Trinajstić information content (AvgIpc) is 2.83. The summed E-state index contributed by atoms with van der Waals surface area (Å²) in [6.45, 7) is 9.42. The summed E-state index contributed by atoms with van der Waals surface area (Å²) in [6.07, 6.45) is 42.3. The van der Waals surface area contributed by atoms with Crippen LogP contribution in [0.2, 0.25) is 0 Å². The molecule has 0 aromatic rings. The van der Waals surface area contributed by atoms with Gasteiger partial charge in [-0.3, -0.25) is 0 Å². The Labute approximate surface area is 223 Å². The van der Waals surface area contributed by atoms with Crippen molar-refractivity contribution >= 4 is 17.2 Å². The minimum atomic E-state index is -1.04. The Morgan fingerprint density at radius 3 is 0.676 bits per heavy atom. The molecule has 0 aliphatic heterocycles. The first-order valence-corrected chi connectivity index (χ1v) is 19.1. The van der Waals surface area contributed by atoms with Gasteiger partial charge in [-0.05, 0) is 0 Å². The smallest absolute Gasteiger partial charge is 0.153 e. The van der Waals surface area contributed by atoms with Crippen molar-refractivity contribution in [1.82, 2.24) is 0 Å². The molecule has 0 aliphatic rings. The van der Waals surface area contributed by atoms with Crippen LogP contribution in [0, 0.1) is 0 Å². The van der Waals surface area contributed by atoms with Crippen LogP contribution in [0.15, 0.2) is 0 Å². The summed E-state index contributed by atoms with van der Waals surface area (Å²) in [4.78, 5) is 0. The molecule has 1 unspecified atom stereocenters. The molecule has 0 amide bonds. The predicted molar refractivity (Wildman–Crippen MR) is 172 cm³/mol. The van der Waals surface area contributed by atoms with E-state index in [4.69, 9.17) is 0 Å². The fraction of sp³-hybridized carbons (Fsp3) is 1.00. The molecular weight excluding hydrogens is 446 g/mol. The van der Waals surface area contributed by atoms with E-state index in [1.54, 1.807) is 50.3 Å². The molecule has 1 atom stereocenters. The van der Waals surface area contributed by atoms with Gasteiger partial charge >= 0.3 is 200 Å². The van der Waals surface area contributed by atoms with Gasteiger partial charge in [0, 0.05) is 0 Å². The van der Waals surface area contributed by atoms with Crippen LogP contribution >= 0.6 is 17.2 Å². The van der Waals surface area contributed by atoms with Crippen molar-refractivity contribution in [3.8, 4) is 0 Å². The first kappa shape index (κ1) is 37.0. The summed E-state index contributed by atoms with van der Waals surface area (Å²) in [6, 6.07) is 0. The van der Waals surface area contributed by atoms with Gasteiger partial charge in [-0.15, -0.1) is 0 Å². The van der Waals surface area contributed by atoms with Gasteiger partial charge in [0.15, 0.2) is 0 Å². The molecule has 0 bridgehead atoms. The Morgan fingerprint density at radius 1 is 0.265 bits per heavy atom. The van der Waals surface area contributed by atoms with Gasteiger partial charge in [-0.1, -0.05) is 13.3 Å². The monoisotopic (exact) mass is 519 g/mol. The van der Waals surface area contributed by atoms with Crippen molar-refractivity contribution in [3.05, 3.63) is 0 Å². The topological polar surface area (TPSA) is 0 Å². The van der Waals surface area contributed by atoms with Gasteiger partial charge in [-0.2, -0.15) is 9.90 Å². The zero-order chi connectivity index (χ0) is 24.3. The fourth-order valence-corrected chi connectivity index (χ4v) is 11.4. The van der Waals surface area contributed by atoms with E-state index < -0.39 is 7.26 Å². The normalized spacial score (nSPS) is 12.1. The molecule has 0 rings (SSSR count). The van der Waals surface area contributed by atoms with Gasteiger partial charge in [0.05, 0.1) is 0 Å². The van der Waals surface area contributed by atoms with Gasteiger partial charge in [0.25, 0.3) is 0 Å². The standard InChI is InChI=1S/C32H69P.H3P/c1-5-9-13-17-18-19-20-21-22-23-24-28-32-33(29-25-14-10-6-2,30-26-15-11-7-3)31-27-16-12-8-4;/h33H,5-32H2,1-4H3;1H3. The Hall–Kier alpha value is 0.860. The maximum atomic E-state index is 2.37. The van der Waals surface area contributed by atoms with Crippen LogP contribution in [0.1, 0.15) is 182 Å². The summed E-state index contributed by atoms with van der Waals surface area (Å²) in [5.74, 6) is 0. The Balaban J connectivity index is 0. The number of rotatable bonds is 28. The maximum Gasteiger partial charge on any atom is -0.153 e. The zero-order valence-corrected chi connectivity index (χ0v) is 27.4. The summed E-state index contributed by atoms with van der Waals surface area (Å²) in [7, 11) is -1.04. The molecule has 0 saturated heterocycles. The molecule has 0 radical (unpaired) electrons. The van der Waals surface area contributed by atoms with Crippen LogP contribution in [-0.2, 0) is 0 Å².